The van der Waals surface area contributed by atoms with Gasteiger partial charge in [0.1, 0.15) is 0 Å². The lowest BCUT2D eigenvalue weighted by atomic mass is 10.2. The predicted molar refractivity (Wildman–Crippen MR) is 48.5 cm³/mol. The van der Waals surface area contributed by atoms with E-state index < -0.39 is 0 Å². The molecule has 0 radical (unpaired) electrons. The minimum absolute atomic E-state index is 0.852. The van der Waals surface area contributed by atoms with Crippen LogP contribution in [-0.2, 0) is 6.42 Å². The van der Waals surface area contributed by atoms with E-state index in [0.29, 0.717) is 0 Å². The third-order valence-electron chi connectivity index (χ3n) is 2.12. The second-order valence-electron chi connectivity index (χ2n) is 2.86. The zero-order valence-corrected chi connectivity index (χ0v) is 6.99. The highest BCUT2D eigenvalue weighted by atomic mass is 16.5. The molecule has 1 heterocycles. The molecule has 2 nitrogen and oxygen atoms in total. The van der Waals surface area contributed by atoms with Gasteiger partial charge in [0.05, 0.1) is 11.2 Å². The van der Waals surface area contributed by atoms with Gasteiger partial charge in [-0.2, -0.15) is 4.73 Å². The van der Waals surface area contributed by atoms with E-state index >= 15 is 0 Å². The van der Waals surface area contributed by atoms with Crippen molar-refractivity contribution >= 4 is 10.9 Å². The van der Waals surface area contributed by atoms with E-state index in [4.69, 9.17) is 0 Å². The predicted octanol–water partition coefficient (Wildman–Crippen LogP) is 2.44. The van der Waals surface area contributed by atoms with Gasteiger partial charge in [0.2, 0.25) is 0 Å². The van der Waals surface area contributed by atoms with Crippen molar-refractivity contribution in [3.63, 3.8) is 0 Å². The van der Waals surface area contributed by atoms with E-state index in [1.54, 1.807) is 0 Å². The Hall–Kier alpha value is -1.44. The topological polar surface area (TPSA) is 25.2 Å². The summed E-state index contributed by atoms with van der Waals surface area (Å²) < 4.78 is 1.26. The molecule has 0 saturated heterocycles. The zero-order chi connectivity index (χ0) is 8.55. The molecule has 0 fully saturated rings. The average molecular weight is 161 g/mol. The number of benzene rings is 1. The second kappa shape index (κ2) is 2.55. The molecule has 0 aliphatic heterocycles. The molecule has 1 aromatic carbocycles. The third kappa shape index (κ3) is 0.881. The van der Waals surface area contributed by atoms with Crippen molar-refractivity contribution in [2.24, 2.45) is 0 Å². The van der Waals surface area contributed by atoms with Crippen LogP contribution in [0.5, 0.6) is 0 Å². The Labute approximate surface area is 71.0 Å². The number of aryl methyl sites for hydroxylation is 1. The van der Waals surface area contributed by atoms with Gasteiger partial charge >= 0.3 is 0 Å². The minimum atomic E-state index is 0.852. The number of aromatic nitrogens is 1. The molecule has 0 bridgehead atoms. The lowest BCUT2D eigenvalue weighted by Crippen LogP contribution is -1.94. The van der Waals surface area contributed by atoms with Crippen LogP contribution in [0.15, 0.2) is 30.3 Å². The fourth-order valence-corrected chi connectivity index (χ4v) is 1.45. The molecule has 2 rings (SSSR count). The maximum atomic E-state index is 9.61. The highest BCUT2D eigenvalue weighted by Gasteiger charge is 2.03. The number of hydrogen-bond donors (Lipinski definition) is 1. The molecule has 2 aromatic rings. The van der Waals surface area contributed by atoms with Crippen molar-refractivity contribution in [2.75, 3.05) is 0 Å². The Bertz CT molecular complexity index is 403. The Morgan fingerprint density at radius 2 is 2.08 bits per heavy atom. The summed E-state index contributed by atoms with van der Waals surface area (Å²) in [5.41, 5.74) is 1.84. The van der Waals surface area contributed by atoms with E-state index in [9.17, 15) is 5.21 Å². The van der Waals surface area contributed by atoms with Crippen LogP contribution in [-0.4, -0.2) is 9.94 Å². The van der Waals surface area contributed by atoms with E-state index in [0.717, 1.165) is 23.0 Å². The van der Waals surface area contributed by atoms with Crippen molar-refractivity contribution in [3.8, 4) is 0 Å². The van der Waals surface area contributed by atoms with Gasteiger partial charge in [0.15, 0.2) is 0 Å². The Morgan fingerprint density at radius 1 is 1.33 bits per heavy atom. The number of hydrogen-bond acceptors (Lipinski definition) is 1. The van der Waals surface area contributed by atoms with E-state index in [1.165, 1.54) is 4.73 Å². The molecular weight excluding hydrogens is 150 g/mol. The molecule has 2 heteroatoms. The highest BCUT2D eigenvalue weighted by molar-refractivity contribution is 5.80. The molecule has 0 atom stereocenters. The summed E-state index contributed by atoms with van der Waals surface area (Å²) in [6.45, 7) is 2.03. The van der Waals surface area contributed by atoms with E-state index in [-0.39, 0.29) is 0 Å². The quantitative estimate of drug-likeness (QED) is 0.638. The van der Waals surface area contributed by atoms with Crippen molar-refractivity contribution in [3.05, 3.63) is 36.0 Å². The first kappa shape index (κ1) is 7.22. The maximum absolute atomic E-state index is 9.61. The lowest BCUT2D eigenvalue weighted by molar-refractivity contribution is 0.191. The summed E-state index contributed by atoms with van der Waals surface area (Å²) in [4.78, 5) is 0. The fourth-order valence-electron chi connectivity index (χ4n) is 1.45. The lowest BCUT2D eigenvalue weighted by Gasteiger charge is -1.97. The number of para-hydroxylation sites is 1. The normalized spacial score (nSPS) is 10.8. The average Bonchev–Trinajstić information content (AvgIpc) is 2.44. The van der Waals surface area contributed by atoms with Crippen LogP contribution in [0.25, 0.3) is 10.9 Å². The number of rotatable bonds is 1. The summed E-state index contributed by atoms with van der Waals surface area (Å²) in [6.07, 6.45) is 0.852. The fraction of sp³-hybridized carbons (Fsp3) is 0.200. The van der Waals surface area contributed by atoms with Gasteiger partial charge in [-0.05, 0) is 18.6 Å². The van der Waals surface area contributed by atoms with Crippen molar-refractivity contribution in [1.82, 2.24) is 4.73 Å². The van der Waals surface area contributed by atoms with Crippen LogP contribution >= 0.6 is 0 Å². The first-order valence-corrected chi connectivity index (χ1v) is 4.11. The van der Waals surface area contributed by atoms with Crippen LogP contribution in [0.1, 0.15) is 12.6 Å². The monoisotopic (exact) mass is 161 g/mol. The Kier molecular flexibility index (Phi) is 1.54. The van der Waals surface area contributed by atoms with Crippen LogP contribution in [0.4, 0.5) is 0 Å². The summed E-state index contributed by atoms with van der Waals surface area (Å²) in [5, 5.41) is 10.7. The van der Waals surface area contributed by atoms with Gasteiger partial charge < -0.3 is 5.21 Å². The molecule has 12 heavy (non-hydrogen) atoms. The molecular formula is C10H11NO. The van der Waals surface area contributed by atoms with Gasteiger partial charge in [-0.1, -0.05) is 25.1 Å². The Balaban J connectivity index is 2.78. The third-order valence-corrected chi connectivity index (χ3v) is 2.12. The molecule has 0 aliphatic rings. The summed E-state index contributed by atoms with van der Waals surface area (Å²) in [7, 11) is 0. The SMILES string of the molecule is CCc1cc2ccccc2n1O. The van der Waals surface area contributed by atoms with Gasteiger partial charge in [0, 0.05) is 5.39 Å². The van der Waals surface area contributed by atoms with Crippen LogP contribution in [0.2, 0.25) is 0 Å². The summed E-state index contributed by atoms with van der Waals surface area (Å²) in [6, 6.07) is 9.82. The molecule has 1 aromatic heterocycles. The summed E-state index contributed by atoms with van der Waals surface area (Å²) >= 11 is 0. The first-order chi connectivity index (χ1) is 5.83. The van der Waals surface area contributed by atoms with E-state index in [2.05, 4.69) is 0 Å². The molecule has 1 N–H and O–H groups in total. The van der Waals surface area contributed by atoms with Crippen LogP contribution in [0, 0.1) is 0 Å². The van der Waals surface area contributed by atoms with Crippen molar-refractivity contribution in [2.45, 2.75) is 13.3 Å². The molecule has 0 amide bonds. The standard InChI is InChI=1S/C10H11NO/c1-2-9-7-8-5-3-4-6-10(8)11(9)12/h3-7,12H,2H2,1H3. The largest absolute Gasteiger partial charge is 0.428 e. The van der Waals surface area contributed by atoms with Gasteiger partial charge in [0.25, 0.3) is 0 Å². The van der Waals surface area contributed by atoms with Crippen LogP contribution < -0.4 is 0 Å². The van der Waals surface area contributed by atoms with Gasteiger partial charge in [-0.15, -0.1) is 0 Å². The smallest absolute Gasteiger partial charge is 0.0868 e. The molecule has 62 valence electrons. The zero-order valence-electron chi connectivity index (χ0n) is 6.99. The minimum Gasteiger partial charge on any atom is -0.428 e. The van der Waals surface area contributed by atoms with Crippen molar-refractivity contribution in [1.29, 1.82) is 0 Å². The Morgan fingerprint density at radius 3 is 2.75 bits per heavy atom. The second-order valence-corrected chi connectivity index (χ2v) is 2.86. The van der Waals surface area contributed by atoms with Gasteiger partial charge in [-0.3, -0.25) is 0 Å². The number of fused-ring (bicyclic) bond motifs is 1. The molecule has 0 spiro atoms. The molecule has 0 aliphatic carbocycles. The molecule has 0 saturated carbocycles. The van der Waals surface area contributed by atoms with E-state index in [1.807, 2.05) is 37.3 Å². The summed E-state index contributed by atoms with van der Waals surface area (Å²) in [5.74, 6) is 0. The molecule has 0 unspecified atom stereocenters. The first-order valence-electron chi connectivity index (χ1n) is 4.11. The highest BCUT2D eigenvalue weighted by Crippen LogP contribution is 2.17. The number of nitrogens with zero attached hydrogens (tertiary/aromatic N) is 1. The van der Waals surface area contributed by atoms with Crippen molar-refractivity contribution < 1.29 is 5.21 Å². The van der Waals surface area contributed by atoms with Crippen LogP contribution in [0.3, 0.4) is 0 Å². The van der Waals surface area contributed by atoms with Gasteiger partial charge in [-0.25, -0.2) is 0 Å². The maximum Gasteiger partial charge on any atom is 0.0868 e.